The molecule has 0 amide bonds. The fraction of sp³-hybridized carbons (Fsp3) is 0.931. The van der Waals surface area contributed by atoms with Crippen LogP contribution in [0.3, 0.4) is 0 Å². The van der Waals surface area contributed by atoms with Crippen LogP contribution in [0, 0.1) is 46.3 Å². The summed E-state index contributed by atoms with van der Waals surface area (Å²) in [6.07, 6.45) is 14.2. The number of hydrogen-bond acceptors (Lipinski definition) is 2. The Morgan fingerprint density at radius 3 is 2.45 bits per heavy atom. The van der Waals surface area contributed by atoms with Crippen LogP contribution < -0.4 is 0 Å². The highest BCUT2D eigenvalue weighted by Gasteiger charge is 2.61. The van der Waals surface area contributed by atoms with Crippen LogP contribution in [0.4, 0.5) is 0 Å². The summed E-state index contributed by atoms with van der Waals surface area (Å²) in [5, 5.41) is 21.3. The third-order valence-electron chi connectivity index (χ3n) is 11.2. The van der Waals surface area contributed by atoms with Gasteiger partial charge >= 0.3 is 0 Å². The lowest BCUT2D eigenvalue weighted by molar-refractivity contribution is -0.0885. The zero-order valence-electron chi connectivity index (χ0n) is 21.5. The molecule has 0 saturated heterocycles. The van der Waals surface area contributed by atoms with Gasteiger partial charge in [-0.25, -0.2) is 0 Å². The second-order valence-corrected chi connectivity index (χ2v) is 13.6. The Morgan fingerprint density at radius 1 is 1.10 bits per heavy atom. The summed E-state index contributed by atoms with van der Waals surface area (Å²) < 4.78 is 0. The van der Waals surface area contributed by atoms with Gasteiger partial charge in [-0.2, -0.15) is 0 Å². The molecule has 2 N–H and O–H groups in total. The standard InChI is InChI=1S/C29H50O2/c1-8-29(31)16-15-27(6)21(18-29)17-20(3)25-23-10-9-22(19(2)11-13-26(4,5)30)28(23,7)14-12-24(25)27/h17,19-20,22-25,30-31H,8-16,18H2,1-7H3/t19-,20+,22-,23+,24+,25+,27?,28-,29+/m1/s1. The van der Waals surface area contributed by atoms with Crippen LogP contribution >= 0.6 is 0 Å². The van der Waals surface area contributed by atoms with Crippen LogP contribution in [0.15, 0.2) is 11.6 Å². The molecule has 4 rings (SSSR count). The van der Waals surface area contributed by atoms with Gasteiger partial charge in [0.25, 0.3) is 0 Å². The summed E-state index contributed by atoms with van der Waals surface area (Å²) in [6.45, 7) is 16.2. The predicted octanol–water partition coefficient (Wildman–Crippen LogP) is 7.14. The van der Waals surface area contributed by atoms with Gasteiger partial charge in [-0.1, -0.05) is 46.3 Å². The van der Waals surface area contributed by atoms with E-state index >= 15 is 0 Å². The summed E-state index contributed by atoms with van der Waals surface area (Å²) in [5.41, 5.74) is 1.36. The first kappa shape index (κ1) is 23.8. The molecule has 0 heterocycles. The van der Waals surface area contributed by atoms with E-state index in [2.05, 4.69) is 40.7 Å². The normalized spacial score (nSPS) is 48.4. The molecule has 0 spiro atoms. The van der Waals surface area contributed by atoms with Gasteiger partial charge in [0.1, 0.15) is 0 Å². The van der Waals surface area contributed by atoms with Crippen molar-refractivity contribution in [3.63, 3.8) is 0 Å². The van der Waals surface area contributed by atoms with Crippen LogP contribution in [0.1, 0.15) is 113 Å². The van der Waals surface area contributed by atoms with Crippen molar-refractivity contribution in [2.45, 2.75) is 124 Å². The van der Waals surface area contributed by atoms with Gasteiger partial charge in [-0.05, 0) is 124 Å². The van der Waals surface area contributed by atoms with Crippen molar-refractivity contribution in [1.82, 2.24) is 0 Å². The van der Waals surface area contributed by atoms with Gasteiger partial charge in [-0.3, -0.25) is 0 Å². The topological polar surface area (TPSA) is 40.5 Å². The Bertz CT molecular complexity index is 704. The van der Waals surface area contributed by atoms with Gasteiger partial charge < -0.3 is 10.2 Å². The summed E-state index contributed by atoms with van der Waals surface area (Å²) in [5.74, 6) is 4.61. The molecule has 1 unspecified atom stereocenters. The minimum atomic E-state index is -0.542. The predicted molar refractivity (Wildman–Crippen MR) is 130 cm³/mol. The fourth-order valence-corrected chi connectivity index (χ4v) is 9.13. The van der Waals surface area contributed by atoms with Crippen molar-refractivity contribution in [1.29, 1.82) is 0 Å². The Labute approximate surface area is 192 Å². The summed E-state index contributed by atoms with van der Waals surface area (Å²) in [7, 11) is 0. The number of hydrogen-bond donors (Lipinski definition) is 2. The van der Waals surface area contributed by atoms with Crippen LogP contribution in [0.5, 0.6) is 0 Å². The second kappa shape index (κ2) is 7.86. The molecule has 0 aromatic heterocycles. The van der Waals surface area contributed by atoms with Crippen molar-refractivity contribution in [2.24, 2.45) is 46.3 Å². The smallest absolute Gasteiger partial charge is 0.0682 e. The zero-order chi connectivity index (χ0) is 22.8. The van der Waals surface area contributed by atoms with Gasteiger partial charge in [0.2, 0.25) is 0 Å². The molecule has 0 aromatic carbocycles. The molecule has 3 saturated carbocycles. The fourth-order valence-electron chi connectivity index (χ4n) is 9.13. The third kappa shape index (κ3) is 3.96. The minimum Gasteiger partial charge on any atom is -0.390 e. The average molecular weight is 431 g/mol. The van der Waals surface area contributed by atoms with E-state index in [1.807, 2.05) is 13.8 Å². The van der Waals surface area contributed by atoms with Crippen molar-refractivity contribution < 1.29 is 10.2 Å². The molecular weight excluding hydrogens is 380 g/mol. The Balaban J connectivity index is 1.57. The van der Waals surface area contributed by atoms with Crippen molar-refractivity contribution in [3.8, 4) is 0 Å². The monoisotopic (exact) mass is 430 g/mol. The first-order valence-electron chi connectivity index (χ1n) is 13.5. The maximum Gasteiger partial charge on any atom is 0.0682 e. The van der Waals surface area contributed by atoms with Crippen LogP contribution in [-0.4, -0.2) is 21.4 Å². The molecule has 9 atom stereocenters. The van der Waals surface area contributed by atoms with Crippen LogP contribution in [-0.2, 0) is 0 Å². The van der Waals surface area contributed by atoms with Crippen molar-refractivity contribution in [2.75, 3.05) is 0 Å². The molecule has 0 radical (unpaired) electrons. The van der Waals surface area contributed by atoms with E-state index in [0.717, 1.165) is 55.8 Å². The van der Waals surface area contributed by atoms with Crippen molar-refractivity contribution >= 4 is 0 Å². The highest BCUT2D eigenvalue weighted by molar-refractivity contribution is 5.28. The SMILES string of the molecule is CC[C@]1(O)CCC2(C)C(=C[C@H](C)[C@@H]3[C@@H]2CC[C@]2(C)[C@@H]([C@H](C)CCC(C)(C)O)CC[C@@H]32)C1. The van der Waals surface area contributed by atoms with Crippen molar-refractivity contribution in [3.05, 3.63) is 11.6 Å². The first-order valence-corrected chi connectivity index (χ1v) is 13.5. The van der Waals surface area contributed by atoms with Gasteiger partial charge in [0.15, 0.2) is 0 Å². The number of fused-ring (bicyclic) bond motifs is 5. The Hall–Kier alpha value is -0.340. The molecule has 31 heavy (non-hydrogen) atoms. The van der Waals surface area contributed by atoms with Gasteiger partial charge in [0, 0.05) is 0 Å². The van der Waals surface area contributed by atoms with Gasteiger partial charge in [-0.15, -0.1) is 0 Å². The zero-order valence-corrected chi connectivity index (χ0v) is 21.5. The lowest BCUT2D eigenvalue weighted by Gasteiger charge is -2.61. The third-order valence-corrected chi connectivity index (χ3v) is 11.2. The van der Waals surface area contributed by atoms with Crippen LogP contribution in [0.25, 0.3) is 0 Å². The van der Waals surface area contributed by atoms with Crippen LogP contribution in [0.2, 0.25) is 0 Å². The van der Waals surface area contributed by atoms with Gasteiger partial charge in [0.05, 0.1) is 11.2 Å². The molecule has 178 valence electrons. The average Bonchev–Trinajstić information content (AvgIpc) is 3.04. The lowest BCUT2D eigenvalue weighted by atomic mass is 9.44. The maximum atomic E-state index is 11.1. The molecule has 4 aliphatic carbocycles. The highest BCUT2D eigenvalue weighted by Crippen LogP contribution is 2.68. The van der Waals surface area contributed by atoms with E-state index in [9.17, 15) is 10.2 Å². The molecule has 2 nitrogen and oxygen atoms in total. The summed E-state index contributed by atoms with van der Waals surface area (Å²) in [4.78, 5) is 0. The van der Waals surface area contributed by atoms with E-state index in [0.29, 0.717) is 22.7 Å². The summed E-state index contributed by atoms with van der Waals surface area (Å²) >= 11 is 0. The van der Waals surface area contributed by atoms with E-state index in [1.165, 1.54) is 32.1 Å². The lowest BCUT2D eigenvalue weighted by Crippen LogP contribution is -2.54. The number of rotatable bonds is 5. The largest absolute Gasteiger partial charge is 0.390 e. The Morgan fingerprint density at radius 2 is 1.81 bits per heavy atom. The second-order valence-electron chi connectivity index (χ2n) is 13.6. The molecular formula is C29H50O2. The molecule has 0 aromatic rings. The van der Waals surface area contributed by atoms with E-state index < -0.39 is 11.2 Å². The summed E-state index contributed by atoms with van der Waals surface area (Å²) in [6, 6.07) is 0. The molecule has 3 fully saturated rings. The molecule has 4 aliphatic rings. The van der Waals surface area contributed by atoms with E-state index in [1.54, 1.807) is 5.57 Å². The molecule has 0 aliphatic heterocycles. The first-order chi connectivity index (χ1) is 14.3. The van der Waals surface area contributed by atoms with E-state index in [4.69, 9.17) is 0 Å². The Kier molecular flexibility index (Phi) is 6.04. The quantitative estimate of drug-likeness (QED) is 0.455. The molecule has 0 bridgehead atoms. The highest BCUT2D eigenvalue weighted by atomic mass is 16.3. The molecule has 2 heteroatoms. The number of allylic oxidation sites excluding steroid dienone is 1. The maximum absolute atomic E-state index is 11.1. The minimum absolute atomic E-state index is 0.310. The number of aliphatic hydroxyl groups is 2. The van der Waals surface area contributed by atoms with E-state index in [-0.39, 0.29) is 0 Å².